The maximum atomic E-state index is 12.5. The van der Waals surface area contributed by atoms with Gasteiger partial charge < -0.3 is 14.5 Å². The average Bonchev–Trinajstić information content (AvgIpc) is 3.23. The van der Waals surface area contributed by atoms with Crippen LogP contribution in [0.15, 0.2) is 6.20 Å². The smallest absolute Gasteiger partial charge is 0.222 e. The molecule has 0 N–H and O–H groups in total. The molecule has 24 heavy (non-hydrogen) atoms. The second kappa shape index (κ2) is 6.51. The first-order valence-corrected chi connectivity index (χ1v) is 8.78. The molecule has 3 aliphatic heterocycles. The summed E-state index contributed by atoms with van der Waals surface area (Å²) in [4.78, 5) is 27.8. The molecular formula is C16H23N5O3. The molecule has 4 rings (SSSR count). The van der Waals surface area contributed by atoms with Crippen molar-refractivity contribution < 1.29 is 14.3 Å². The fourth-order valence-electron chi connectivity index (χ4n) is 3.93. The third kappa shape index (κ3) is 2.90. The Labute approximate surface area is 140 Å². The van der Waals surface area contributed by atoms with Crippen molar-refractivity contribution in [3.63, 3.8) is 0 Å². The summed E-state index contributed by atoms with van der Waals surface area (Å²) in [5.74, 6) is 0.385. The second-order valence-corrected chi connectivity index (χ2v) is 6.80. The van der Waals surface area contributed by atoms with Crippen LogP contribution in [0.5, 0.6) is 0 Å². The van der Waals surface area contributed by atoms with Gasteiger partial charge in [0.05, 0.1) is 30.6 Å². The molecule has 0 bridgehead atoms. The van der Waals surface area contributed by atoms with Gasteiger partial charge in [-0.05, 0) is 19.3 Å². The number of rotatable bonds is 4. The van der Waals surface area contributed by atoms with Crippen molar-refractivity contribution in [1.82, 2.24) is 24.8 Å². The van der Waals surface area contributed by atoms with Crippen LogP contribution in [0.25, 0.3) is 0 Å². The summed E-state index contributed by atoms with van der Waals surface area (Å²) in [6.07, 6.45) is 5.43. The zero-order valence-corrected chi connectivity index (χ0v) is 13.8. The van der Waals surface area contributed by atoms with Gasteiger partial charge in [0.25, 0.3) is 0 Å². The number of likely N-dealkylation sites (tertiary alicyclic amines) is 2. The van der Waals surface area contributed by atoms with E-state index in [0.29, 0.717) is 32.5 Å². The molecule has 8 nitrogen and oxygen atoms in total. The van der Waals surface area contributed by atoms with Gasteiger partial charge in [-0.2, -0.15) is 0 Å². The number of fused-ring (bicyclic) bond motifs is 3. The zero-order chi connectivity index (χ0) is 16.5. The number of carbonyl (C=O) groups is 2. The first-order valence-electron chi connectivity index (χ1n) is 8.78. The zero-order valence-electron chi connectivity index (χ0n) is 13.8. The molecule has 0 saturated carbocycles. The quantitative estimate of drug-likeness (QED) is 0.794. The monoisotopic (exact) mass is 333 g/mol. The summed E-state index contributed by atoms with van der Waals surface area (Å²) in [6, 6.07) is 0.183. The van der Waals surface area contributed by atoms with E-state index in [-0.39, 0.29) is 24.0 Å². The van der Waals surface area contributed by atoms with Crippen molar-refractivity contribution in [2.75, 3.05) is 26.2 Å². The Kier molecular flexibility index (Phi) is 4.22. The lowest BCUT2D eigenvalue weighted by Crippen LogP contribution is -2.50. The fourth-order valence-corrected chi connectivity index (χ4v) is 3.93. The number of hydrogen-bond acceptors (Lipinski definition) is 5. The summed E-state index contributed by atoms with van der Waals surface area (Å²) in [7, 11) is 0. The molecule has 4 heterocycles. The van der Waals surface area contributed by atoms with Gasteiger partial charge in [0.15, 0.2) is 0 Å². The van der Waals surface area contributed by atoms with E-state index in [1.165, 1.54) is 0 Å². The lowest BCUT2D eigenvalue weighted by atomic mass is 9.99. The number of ether oxygens (including phenoxy) is 1. The third-order valence-corrected chi connectivity index (χ3v) is 5.28. The minimum absolute atomic E-state index is 0.00272. The van der Waals surface area contributed by atoms with Crippen LogP contribution in [-0.4, -0.2) is 68.9 Å². The van der Waals surface area contributed by atoms with E-state index in [2.05, 4.69) is 10.3 Å². The molecule has 0 aromatic carbocycles. The normalized spacial score (nSPS) is 26.4. The van der Waals surface area contributed by atoms with Crippen molar-refractivity contribution in [1.29, 1.82) is 0 Å². The molecule has 2 saturated heterocycles. The van der Waals surface area contributed by atoms with Crippen molar-refractivity contribution in [3.05, 3.63) is 11.9 Å². The largest absolute Gasteiger partial charge is 0.368 e. The van der Waals surface area contributed by atoms with E-state index in [9.17, 15) is 9.59 Å². The lowest BCUT2D eigenvalue weighted by Gasteiger charge is -2.41. The standard InChI is InChI=1S/C16H23N5O3/c22-15-3-1-6-19(15)7-2-4-16(23)20-8-5-13-14(10-20)24-11-12-9-17-18-21(12)13/h9,13-14H,1-8,10-11H2/t13-,14-/m0/s1. The van der Waals surface area contributed by atoms with Crippen LogP contribution < -0.4 is 0 Å². The predicted molar refractivity (Wildman–Crippen MR) is 83.9 cm³/mol. The predicted octanol–water partition coefficient (Wildman–Crippen LogP) is 0.353. The molecule has 0 aliphatic carbocycles. The van der Waals surface area contributed by atoms with Crippen molar-refractivity contribution in [3.8, 4) is 0 Å². The molecule has 1 aromatic rings. The highest BCUT2D eigenvalue weighted by atomic mass is 16.5. The number of carbonyl (C=O) groups excluding carboxylic acids is 2. The van der Waals surface area contributed by atoms with Crippen LogP contribution in [0.3, 0.4) is 0 Å². The Morgan fingerprint density at radius 3 is 3.12 bits per heavy atom. The lowest BCUT2D eigenvalue weighted by molar-refractivity contribution is -0.140. The summed E-state index contributed by atoms with van der Waals surface area (Å²) < 4.78 is 7.85. The highest BCUT2D eigenvalue weighted by molar-refractivity contribution is 5.78. The maximum Gasteiger partial charge on any atom is 0.222 e. The van der Waals surface area contributed by atoms with Crippen LogP contribution in [0.1, 0.15) is 43.8 Å². The molecule has 1 aromatic heterocycles. The van der Waals surface area contributed by atoms with Gasteiger partial charge >= 0.3 is 0 Å². The number of aromatic nitrogens is 3. The van der Waals surface area contributed by atoms with Gasteiger partial charge in [0.2, 0.25) is 11.8 Å². The van der Waals surface area contributed by atoms with Crippen LogP contribution in [-0.2, 0) is 20.9 Å². The number of nitrogens with zero attached hydrogens (tertiary/aromatic N) is 5. The molecule has 8 heteroatoms. The molecule has 130 valence electrons. The molecule has 0 radical (unpaired) electrons. The Balaban J connectivity index is 1.27. The van der Waals surface area contributed by atoms with Crippen molar-refractivity contribution in [2.45, 2.75) is 50.9 Å². The van der Waals surface area contributed by atoms with Gasteiger partial charge in [0, 0.05) is 39.0 Å². The average molecular weight is 333 g/mol. The van der Waals surface area contributed by atoms with E-state index >= 15 is 0 Å². The molecule has 2 amide bonds. The summed E-state index contributed by atoms with van der Waals surface area (Å²) in [5, 5.41) is 8.11. The first-order chi connectivity index (χ1) is 11.7. The highest BCUT2D eigenvalue weighted by Gasteiger charge is 2.37. The number of hydrogen-bond donors (Lipinski definition) is 0. The minimum Gasteiger partial charge on any atom is -0.368 e. The maximum absolute atomic E-state index is 12.5. The third-order valence-electron chi connectivity index (χ3n) is 5.28. The SMILES string of the molecule is O=C1CCCN1CCCC(=O)N1CC[C@H]2[C@H](C1)OCc1cnnn12. The fraction of sp³-hybridized carbons (Fsp3) is 0.750. The van der Waals surface area contributed by atoms with Crippen LogP contribution in [0.2, 0.25) is 0 Å². The molecule has 0 unspecified atom stereocenters. The Hall–Kier alpha value is -1.96. The van der Waals surface area contributed by atoms with E-state index < -0.39 is 0 Å². The van der Waals surface area contributed by atoms with E-state index in [4.69, 9.17) is 4.74 Å². The molecule has 3 aliphatic rings. The molecular weight excluding hydrogens is 310 g/mol. The van der Waals surface area contributed by atoms with Gasteiger partial charge in [-0.25, -0.2) is 4.68 Å². The minimum atomic E-state index is -0.00272. The van der Waals surface area contributed by atoms with Crippen LogP contribution >= 0.6 is 0 Å². The van der Waals surface area contributed by atoms with Crippen LogP contribution in [0, 0.1) is 0 Å². The van der Waals surface area contributed by atoms with E-state index in [0.717, 1.165) is 38.0 Å². The summed E-state index contributed by atoms with van der Waals surface area (Å²) in [6.45, 7) is 3.39. The molecule has 2 atom stereocenters. The summed E-state index contributed by atoms with van der Waals surface area (Å²) in [5.41, 5.74) is 1.01. The number of amides is 2. The summed E-state index contributed by atoms with van der Waals surface area (Å²) >= 11 is 0. The molecule has 0 spiro atoms. The van der Waals surface area contributed by atoms with E-state index in [1.807, 2.05) is 14.5 Å². The topological polar surface area (TPSA) is 80.6 Å². The first kappa shape index (κ1) is 15.6. The van der Waals surface area contributed by atoms with Gasteiger partial charge in [-0.1, -0.05) is 5.21 Å². The Morgan fingerprint density at radius 2 is 2.29 bits per heavy atom. The van der Waals surface area contributed by atoms with Gasteiger partial charge in [-0.3, -0.25) is 9.59 Å². The van der Waals surface area contributed by atoms with Crippen LogP contribution in [0.4, 0.5) is 0 Å². The van der Waals surface area contributed by atoms with Gasteiger partial charge in [0.1, 0.15) is 0 Å². The second-order valence-electron chi connectivity index (χ2n) is 6.80. The van der Waals surface area contributed by atoms with Crippen molar-refractivity contribution in [2.24, 2.45) is 0 Å². The van der Waals surface area contributed by atoms with Crippen molar-refractivity contribution >= 4 is 11.8 Å². The number of piperidine rings is 1. The van der Waals surface area contributed by atoms with E-state index in [1.54, 1.807) is 6.20 Å². The van der Waals surface area contributed by atoms with Gasteiger partial charge in [-0.15, -0.1) is 5.10 Å². The molecule has 2 fully saturated rings. The highest BCUT2D eigenvalue weighted by Crippen LogP contribution is 2.30. The Bertz CT molecular complexity index is 631. The Morgan fingerprint density at radius 1 is 1.38 bits per heavy atom.